The number of hydrogen-bond acceptors (Lipinski definition) is 5. The smallest absolute Gasteiger partial charge is 0.136 e. The lowest BCUT2D eigenvalue weighted by Gasteiger charge is -2.04. The van der Waals surface area contributed by atoms with Gasteiger partial charge in [-0.25, -0.2) is 9.97 Å². The topological polar surface area (TPSA) is 96.0 Å². The van der Waals surface area contributed by atoms with Crippen LogP contribution in [0.5, 0.6) is 11.5 Å². The van der Waals surface area contributed by atoms with Crippen LogP contribution >= 0.6 is 0 Å². The Morgan fingerprint density at radius 1 is 0.920 bits per heavy atom. The molecule has 7 nitrogen and oxygen atoms in total. The second kappa shape index (κ2) is 6.10. The monoisotopic (exact) mass is 338 g/mol. The van der Waals surface area contributed by atoms with Crippen molar-refractivity contribution in [2.45, 2.75) is 12.5 Å². The fourth-order valence-corrected chi connectivity index (χ4v) is 2.84. The molecule has 4 aromatic rings. The first kappa shape index (κ1) is 15.5. The van der Waals surface area contributed by atoms with Crippen molar-refractivity contribution in [2.24, 2.45) is 0 Å². The molecule has 25 heavy (non-hydrogen) atoms. The largest absolute Gasteiger partial charge is 0.497 e. The molecule has 3 N–H and O–H groups in total. The average molecular weight is 338 g/mol. The van der Waals surface area contributed by atoms with Crippen molar-refractivity contribution < 1.29 is 14.6 Å². The Morgan fingerprint density at radius 3 is 2.16 bits per heavy atom. The molecule has 7 heteroatoms. The van der Waals surface area contributed by atoms with E-state index in [1.165, 1.54) is 0 Å². The average Bonchev–Trinajstić information content (AvgIpc) is 3.23. The molecule has 2 heterocycles. The third-order valence-electron chi connectivity index (χ3n) is 4.15. The van der Waals surface area contributed by atoms with Gasteiger partial charge in [0.1, 0.15) is 29.3 Å². The van der Waals surface area contributed by atoms with E-state index in [2.05, 4.69) is 19.9 Å². The van der Waals surface area contributed by atoms with E-state index in [9.17, 15) is 5.11 Å². The molecule has 0 radical (unpaired) electrons. The zero-order chi connectivity index (χ0) is 17.4. The predicted molar refractivity (Wildman–Crippen MR) is 94.0 cm³/mol. The number of hydrogen-bond donors (Lipinski definition) is 3. The van der Waals surface area contributed by atoms with E-state index in [-0.39, 0.29) is 0 Å². The highest BCUT2D eigenvalue weighted by Gasteiger charge is 2.16. The maximum absolute atomic E-state index is 10.5. The second-order valence-electron chi connectivity index (χ2n) is 5.79. The number of H-pyrrole nitrogens is 2. The van der Waals surface area contributed by atoms with Crippen molar-refractivity contribution in [3.8, 4) is 11.5 Å². The minimum atomic E-state index is -0.791. The summed E-state index contributed by atoms with van der Waals surface area (Å²) < 4.78 is 10.4. The van der Waals surface area contributed by atoms with Crippen LogP contribution in [0.15, 0.2) is 36.4 Å². The molecule has 2 aromatic heterocycles. The fourth-order valence-electron chi connectivity index (χ4n) is 2.84. The Balaban J connectivity index is 1.59. The van der Waals surface area contributed by atoms with Crippen LogP contribution in [0.25, 0.3) is 22.1 Å². The van der Waals surface area contributed by atoms with Gasteiger partial charge in [0.25, 0.3) is 0 Å². The first-order valence-electron chi connectivity index (χ1n) is 7.90. The number of rotatable bonds is 5. The quantitative estimate of drug-likeness (QED) is 0.520. The lowest BCUT2D eigenvalue weighted by molar-refractivity contribution is 0.167. The lowest BCUT2D eigenvalue weighted by Crippen LogP contribution is -2.05. The second-order valence-corrected chi connectivity index (χ2v) is 5.79. The van der Waals surface area contributed by atoms with Gasteiger partial charge in [0.05, 0.1) is 36.3 Å². The van der Waals surface area contributed by atoms with Crippen molar-refractivity contribution in [2.75, 3.05) is 14.2 Å². The molecule has 0 aliphatic carbocycles. The molecular weight excluding hydrogens is 320 g/mol. The van der Waals surface area contributed by atoms with Gasteiger partial charge in [-0.15, -0.1) is 0 Å². The van der Waals surface area contributed by atoms with Gasteiger partial charge in [-0.1, -0.05) is 0 Å². The third-order valence-corrected chi connectivity index (χ3v) is 4.15. The number of aromatic nitrogens is 4. The summed E-state index contributed by atoms with van der Waals surface area (Å²) in [6.45, 7) is 0. The standard InChI is InChI=1S/C18H18N4O3/c1-24-10-3-5-12-14(7-10)20-17(19-12)9-16(23)18-21-13-6-4-11(25-2)8-15(13)22-18/h3-8,16,23H,9H2,1-2H3,(H,19,20)(H,21,22)/t16-/m1/s1. The van der Waals surface area contributed by atoms with Crippen LogP contribution in [0.4, 0.5) is 0 Å². The lowest BCUT2D eigenvalue weighted by atomic mass is 10.2. The van der Waals surface area contributed by atoms with Gasteiger partial charge in [-0.05, 0) is 24.3 Å². The van der Waals surface area contributed by atoms with Gasteiger partial charge < -0.3 is 24.5 Å². The van der Waals surface area contributed by atoms with Crippen LogP contribution in [0.2, 0.25) is 0 Å². The first-order chi connectivity index (χ1) is 12.2. The number of benzene rings is 2. The fraction of sp³-hybridized carbons (Fsp3) is 0.222. The van der Waals surface area contributed by atoms with Crippen molar-refractivity contribution in [1.82, 2.24) is 19.9 Å². The number of aliphatic hydroxyl groups excluding tert-OH is 1. The van der Waals surface area contributed by atoms with Gasteiger partial charge in [-0.3, -0.25) is 0 Å². The predicted octanol–water partition coefficient (Wildman–Crippen LogP) is 2.73. The summed E-state index contributed by atoms with van der Waals surface area (Å²) in [4.78, 5) is 15.3. The normalized spacial score (nSPS) is 12.6. The van der Waals surface area contributed by atoms with Gasteiger partial charge in [0.2, 0.25) is 0 Å². The van der Waals surface area contributed by atoms with E-state index in [0.717, 1.165) is 33.6 Å². The minimum Gasteiger partial charge on any atom is -0.497 e. The molecule has 128 valence electrons. The van der Waals surface area contributed by atoms with E-state index in [1.807, 2.05) is 36.4 Å². The van der Waals surface area contributed by atoms with Crippen molar-refractivity contribution in [3.05, 3.63) is 48.0 Å². The Labute approximate surface area is 143 Å². The van der Waals surface area contributed by atoms with Crippen molar-refractivity contribution in [1.29, 1.82) is 0 Å². The Morgan fingerprint density at radius 2 is 1.52 bits per heavy atom. The Kier molecular flexibility index (Phi) is 3.77. The van der Waals surface area contributed by atoms with Crippen molar-refractivity contribution >= 4 is 22.1 Å². The zero-order valence-corrected chi connectivity index (χ0v) is 13.9. The Hall–Kier alpha value is -3.06. The number of nitrogens with one attached hydrogen (secondary N) is 2. The molecule has 0 bridgehead atoms. The molecule has 0 aliphatic rings. The highest BCUT2D eigenvalue weighted by Crippen LogP contribution is 2.24. The number of fused-ring (bicyclic) bond motifs is 2. The molecule has 1 atom stereocenters. The summed E-state index contributed by atoms with van der Waals surface area (Å²) in [6.07, 6.45) is -0.464. The summed E-state index contributed by atoms with van der Waals surface area (Å²) in [5.74, 6) is 2.69. The molecule has 0 aliphatic heterocycles. The molecule has 2 aromatic carbocycles. The van der Waals surface area contributed by atoms with Gasteiger partial charge >= 0.3 is 0 Å². The van der Waals surface area contributed by atoms with Crippen LogP contribution in [0.3, 0.4) is 0 Å². The van der Waals surface area contributed by atoms with E-state index >= 15 is 0 Å². The van der Waals surface area contributed by atoms with E-state index in [1.54, 1.807) is 14.2 Å². The summed E-state index contributed by atoms with van der Waals surface area (Å²) in [5, 5.41) is 10.5. The number of ether oxygens (including phenoxy) is 2. The maximum Gasteiger partial charge on any atom is 0.136 e. The highest BCUT2D eigenvalue weighted by molar-refractivity contribution is 5.77. The molecule has 0 spiro atoms. The van der Waals surface area contributed by atoms with Gasteiger partial charge in [-0.2, -0.15) is 0 Å². The van der Waals surface area contributed by atoms with E-state index < -0.39 is 6.10 Å². The van der Waals surface area contributed by atoms with Gasteiger partial charge in [0, 0.05) is 18.6 Å². The van der Waals surface area contributed by atoms with E-state index in [0.29, 0.717) is 18.1 Å². The van der Waals surface area contributed by atoms with E-state index in [4.69, 9.17) is 9.47 Å². The van der Waals surface area contributed by atoms with Crippen molar-refractivity contribution in [3.63, 3.8) is 0 Å². The molecule has 0 saturated heterocycles. The van der Waals surface area contributed by atoms with Gasteiger partial charge in [0.15, 0.2) is 0 Å². The van der Waals surface area contributed by atoms with Crippen LogP contribution in [0.1, 0.15) is 17.8 Å². The molecule has 4 rings (SSSR count). The number of nitrogens with zero attached hydrogens (tertiary/aromatic N) is 2. The number of methoxy groups -OCH3 is 2. The van der Waals surface area contributed by atoms with Crippen LogP contribution in [-0.4, -0.2) is 39.3 Å². The first-order valence-corrected chi connectivity index (χ1v) is 7.90. The Bertz CT molecular complexity index is 1040. The molecular formula is C18H18N4O3. The summed E-state index contributed by atoms with van der Waals surface area (Å²) in [7, 11) is 3.24. The third kappa shape index (κ3) is 2.89. The zero-order valence-electron chi connectivity index (χ0n) is 13.9. The highest BCUT2D eigenvalue weighted by atomic mass is 16.5. The van der Waals surface area contributed by atoms with Crippen LogP contribution in [-0.2, 0) is 6.42 Å². The van der Waals surface area contributed by atoms with Crippen LogP contribution < -0.4 is 9.47 Å². The van der Waals surface area contributed by atoms with Crippen LogP contribution in [0, 0.1) is 0 Å². The number of aromatic amines is 2. The minimum absolute atomic E-state index is 0.327. The molecule has 0 saturated carbocycles. The molecule has 0 amide bonds. The summed E-state index contributed by atoms with van der Waals surface area (Å²) in [5.41, 5.74) is 3.31. The summed E-state index contributed by atoms with van der Waals surface area (Å²) in [6, 6.07) is 11.2. The maximum atomic E-state index is 10.5. The number of imidazole rings is 2. The molecule has 0 fully saturated rings. The SMILES string of the molecule is COc1ccc2nc(C[C@@H](O)c3nc4ccc(OC)cc4[nH]3)[nH]c2c1. The number of aliphatic hydroxyl groups is 1. The summed E-state index contributed by atoms with van der Waals surface area (Å²) >= 11 is 0. The molecule has 0 unspecified atom stereocenters.